The van der Waals surface area contributed by atoms with E-state index >= 15 is 0 Å². The van der Waals surface area contributed by atoms with E-state index in [1.165, 1.54) is 11.3 Å². The Morgan fingerprint density at radius 1 is 1.26 bits per heavy atom. The number of aromatic nitrogens is 1. The van der Waals surface area contributed by atoms with Crippen molar-refractivity contribution in [3.8, 4) is 0 Å². The number of carbonyl (C=O) groups is 1. The number of carbonyl (C=O) groups excluding carboxylic acids is 1. The van der Waals surface area contributed by atoms with Crippen molar-refractivity contribution in [1.82, 2.24) is 15.2 Å². The summed E-state index contributed by atoms with van der Waals surface area (Å²) < 4.78 is 0. The third-order valence-electron chi connectivity index (χ3n) is 6.08. The van der Waals surface area contributed by atoms with E-state index in [1.807, 2.05) is 17.2 Å². The first kappa shape index (κ1) is 23.5. The summed E-state index contributed by atoms with van der Waals surface area (Å²) in [6.07, 6.45) is 4.51. The van der Waals surface area contributed by atoms with Crippen LogP contribution in [0.2, 0.25) is 0 Å². The van der Waals surface area contributed by atoms with E-state index in [-0.39, 0.29) is 24.0 Å². The second kappa shape index (κ2) is 10.9. The fraction of sp³-hybridized carbons (Fsp3) is 0.458. The van der Waals surface area contributed by atoms with Gasteiger partial charge in [0.05, 0.1) is 12.2 Å². The molecule has 1 aromatic heterocycles. The zero-order valence-electron chi connectivity index (χ0n) is 18.4. The molecule has 166 valence electrons. The molecule has 7 heteroatoms. The summed E-state index contributed by atoms with van der Waals surface area (Å²) in [5.41, 5.74) is 4.73. The van der Waals surface area contributed by atoms with Crippen molar-refractivity contribution < 1.29 is 4.79 Å². The summed E-state index contributed by atoms with van der Waals surface area (Å²) >= 11 is 0. The highest BCUT2D eigenvalue weighted by Gasteiger charge is 2.32. The monoisotopic (exact) mass is 533 g/mol. The molecule has 2 aliphatic rings. The lowest BCUT2D eigenvalue weighted by Gasteiger charge is -2.23. The van der Waals surface area contributed by atoms with E-state index in [1.54, 1.807) is 0 Å². The minimum atomic E-state index is 0. The van der Waals surface area contributed by atoms with Crippen LogP contribution in [-0.4, -0.2) is 47.9 Å². The van der Waals surface area contributed by atoms with Gasteiger partial charge >= 0.3 is 0 Å². The van der Waals surface area contributed by atoms with E-state index in [0.717, 1.165) is 56.2 Å². The van der Waals surface area contributed by atoms with Crippen molar-refractivity contribution in [2.24, 2.45) is 4.99 Å². The van der Waals surface area contributed by atoms with Crippen molar-refractivity contribution in [1.29, 1.82) is 0 Å². The number of halogens is 1. The Morgan fingerprint density at radius 2 is 2.10 bits per heavy atom. The van der Waals surface area contributed by atoms with Gasteiger partial charge in [0, 0.05) is 50.4 Å². The number of anilines is 1. The van der Waals surface area contributed by atoms with Gasteiger partial charge in [-0.05, 0) is 49.9 Å². The van der Waals surface area contributed by atoms with Crippen LogP contribution in [0.3, 0.4) is 0 Å². The Labute approximate surface area is 202 Å². The van der Waals surface area contributed by atoms with Gasteiger partial charge in [-0.2, -0.15) is 0 Å². The first-order valence-electron chi connectivity index (χ1n) is 11.0. The standard InChI is InChI=1S/C24H31N5O.HI/c1-3-25-24(27-16-21-18(2)8-6-13-26-21)29-17-19(20-9-4-5-10-22(20)29)12-15-28-14-7-11-23(28)30;/h4-6,8-10,13,19H,3,7,11-12,14-17H2,1-2H3,(H,25,27);1H. The van der Waals surface area contributed by atoms with E-state index in [4.69, 9.17) is 4.99 Å². The molecule has 0 bridgehead atoms. The SMILES string of the molecule is CCNC(=NCc1ncccc1C)N1CC(CCN2CCCC2=O)c2ccccc21.I. The number of pyridine rings is 1. The van der Waals surface area contributed by atoms with Crippen molar-refractivity contribution in [2.45, 2.75) is 45.6 Å². The molecule has 31 heavy (non-hydrogen) atoms. The summed E-state index contributed by atoms with van der Waals surface area (Å²) in [7, 11) is 0. The smallest absolute Gasteiger partial charge is 0.222 e. The third kappa shape index (κ3) is 5.37. The average Bonchev–Trinajstić information content (AvgIpc) is 3.34. The highest BCUT2D eigenvalue weighted by atomic mass is 127. The number of aryl methyl sites for hydroxylation is 1. The van der Waals surface area contributed by atoms with Crippen LogP contribution in [0.4, 0.5) is 5.69 Å². The van der Waals surface area contributed by atoms with Gasteiger partial charge in [-0.25, -0.2) is 4.99 Å². The van der Waals surface area contributed by atoms with E-state index in [2.05, 4.69) is 59.4 Å². The molecule has 1 N–H and O–H groups in total. The van der Waals surface area contributed by atoms with Gasteiger partial charge in [0.15, 0.2) is 5.96 Å². The predicted molar refractivity (Wildman–Crippen MR) is 136 cm³/mol. The first-order chi connectivity index (χ1) is 14.7. The fourth-order valence-corrected chi connectivity index (χ4v) is 4.42. The van der Waals surface area contributed by atoms with Gasteiger partial charge in [0.25, 0.3) is 0 Å². The Hall–Kier alpha value is -2.16. The zero-order chi connectivity index (χ0) is 20.9. The first-order valence-corrected chi connectivity index (χ1v) is 11.0. The number of benzene rings is 1. The van der Waals surface area contributed by atoms with Crippen LogP contribution in [0.5, 0.6) is 0 Å². The maximum Gasteiger partial charge on any atom is 0.222 e. The number of hydrogen-bond donors (Lipinski definition) is 1. The van der Waals surface area contributed by atoms with Crippen molar-refractivity contribution in [2.75, 3.05) is 31.1 Å². The highest BCUT2D eigenvalue weighted by molar-refractivity contribution is 14.0. The van der Waals surface area contributed by atoms with Crippen molar-refractivity contribution in [3.63, 3.8) is 0 Å². The van der Waals surface area contributed by atoms with Gasteiger partial charge in [0.2, 0.25) is 5.91 Å². The number of rotatable bonds is 6. The van der Waals surface area contributed by atoms with Crippen molar-refractivity contribution >= 4 is 41.5 Å². The van der Waals surface area contributed by atoms with Gasteiger partial charge in [-0.3, -0.25) is 9.78 Å². The molecular weight excluding hydrogens is 501 g/mol. The molecule has 2 aliphatic heterocycles. The molecule has 1 aromatic carbocycles. The number of amides is 1. The summed E-state index contributed by atoms with van der Waals surface area (Å²) in [6.45, 7) is 8.17. The summed E-state index contributed by atoms with van der Waals surface area (Å²) in [5, 5.41) is 3.46. The number of fused-ring (bicyclic) bond motifs is 1. The molecule has 1 fully saturated rings. The number of hydrogen-bond acceptors (Lipinski definition) is 3. The number of nitrogens with zero attached hydrogens (tertiary/aromatic N) is 4. The number of likely N-dealkylation sites (tertiary alicyclic amines) is 1. The molecule has 4 rings (SSSR count). The fourth-order valence-electron chi connectivity index (χ4n) is 4.42. The van der Waals surface area contributed by atoms with Crippen LogP contribution in [-0.2, 0) is 11.3 Å². The Balaban J connectivity index is 0.00000272. The maximum atomic E-state index is 12.0. The van der Waals surface area contributed by atoms with Crippen LogP contribution in [0.15, 0.2) is 47.6 Å². The Kier molecular flexibility index (Phi) is 8.28. The molecule has 2 aromatic rings. The minimum Gasteiger partial charge on any atom is -0.356 e. The second-order valence-electron chi connectivity index (χ2n) is 8.08. The van der Waals surface area contributed by atoms with E-state index in [0.29, 0.717) is 24.8 Å². The van der Waals surface area contributed by atoms with Crippen LogP contribution >= 0.6 is 24.0 Å². The van der Waals surface area contributed by atoms with Gasteiger partial charge in [-0.15, -0.1) is 24.0 Å². The van der Waals surface area contributed by atoms with E-state index < -0.39 is 0 Å². The lowest BCUT2D eigenvalue weighted by molar-refractivity contribution is -0.127. The van der Waals surface area contributed by atoms with Crippen LogP contribution in [0, 0.1) is 6.92 Å². The molecule has 0 aliphatic carbocycles. The van der Waals surface area contributed by atoms with Crippen LogP contribution < -0.4 is 10.2 Å². The number of aliphatic imine (C=N–C) groups is 1. The summed E-state index contributed by atoms with van der Waals surface area (Å²) in [5.74, 6) is 1.60. The molecular formula is C24H32IN5O. The molecule has 0 radical (unpaired) electrons. The molecule has 1 unspecified atom stereocenters. The normalized spacial score (nSPS) is 18.2. The Morgan fingerprint density at radius 3 is 2.84 bits per heavy atom. The molecule has 3 heterocycles. The molecule has 0 saturated carbocycles. The average molecular weight is 533 g/mol. The number of para-hydroxylation sites is 1. The zero-order valence-corrected chi connectivity index (χ0v) is 20.7. The van der Waals surface area contributed by atoms with Gasteiger partial charge in [0.1, 0.15) is 0 Å². The van der Waals surface area contributed by atoms with Crippen LogP contribution in [0.25, 0.3) is 0 Å². The molecule has 1 amide bonds. The predicted octanol–water partition coefficient (Wildman–Crippen LogP) is 4.09. The van der Waals surface area contributed by atoms with Crippen molar-refractivity contribution in [3.05, 3.63) is 59.4 Å². The van der Waals surface area contributed by atoms with Gasteiger partial charge < -0.3 is 15.1 Å². The number of nitrogens with one attached hydrogen (secondary N) is 1. The van der Waals surface area contributed by atoms with Gasteiger partial charge in [-0.1, -0.05) is 24.3 Å². The van der Waals surface area contributed by atoms with Crippen LogP contribution in [0.1, 0.15) is 48.9 Å². The summed E-state index contributed by atoms with van der Waals surface area (Å²) in [4.78, 5) is 25.7. The molecule has 1 saturated heterocycles. The van der Waals surface area contributed by atoms with E-state index in [9.17, 15) is 4.79 Å². The second-order valence-corrected chi connectivity index (χ2v) is 8.08. The summed E-state index contributed by atoms with van der Waals surface area (Å²) in [6, 6.07) is 12.6. The lowest BCUT2D eigenvalue weighted by atomic mass is 9.98. The molecule has 1 atom stereocenters. The Bertz CT molecular complexity index is 932. The largest absolute Gasteiger partial charge is 0.356 e. The number of guanidine groups is 1. The third-order valence-corrected chi connectivity index (χ3v) is 6.08. The lowest BCUT2D eigenvalue weighted by Crippen LogP contribution is -2.41. The quantitative estimate of drug-likeness (QED) is 0.345. The maximum absolute atomic E-state index is 12.0. The topological polar surface area (TPSA) is 60.8 Å². The molecule has 6 nitrogen and oxygen atoms in total. The highest BCUT2D eigenvalue weighted by Crippen LogP contribution is 2.38. The minimum absolute atomic E-state index is 0. The molecule has 0 spiro atoms.